The molecule has 0 aliphatic carbocycles. The van der Waals surface area contributed by atoms with E-state index in [-0.39, 0.29) is 38.6 Å². The van der Waals surface area contributed by atoms with Crippen LogP contribution in [0.5, 0.6) is 0 Å². The summed E-state index contributed by atoms with van der Waals surface area (Å²) in [6, 6.07) is 0. The summed E-state index contributed by atoms with van der Waals surface area (Å²) in [6.07, 6.45) is 5.59. The number of aliphatic carboxylic acids is 1. The quantitative estimate of drug-likeness (QED) is 0.700. The molecule has 19 heavy (non-hydrogen) atoms. The zero-order valence-corrected chi connectivity index (χ0v) is 13.7. The number of carboxylic acids is 1. The number of carbonyl (C=O) groups is 1. The molecular weight excluding hydrogens is 273 g/mol. The molecule has 0 spiro atoms. The molecule has 118 valence electrons. The van der Waals surface area contributed by atoms with Crippen molar-refractivity contribution in [2.75, 3.05) is 23.0 Å². The van der Waals surface area contributed by atoms with Gasteiger partial charge in [-0.05, 0) is 48.7 Å². The van der Waals surface area contributed by atoms with Crippen LogP contribution in [-0.4, -0.2) is 62.6 Å². The lowest BCUT2D eigenvalue weighted by atomic mass is 10.5. The maximum absolute atomic E-state index is 9.00. The molecule has 0 heterocycles. The minimum Gasteiger partial charge on any atom is -0.481 e. The molecule has 0 saturated heterocycles. The summed E-state index contributed by atoms with van der Waals surface area (Å²) in [4.78, 5) is 9.00. The second-order valence-corrected chi connectivity index (χ2v) is 8.64. The lowest BCUT2D eigenvalue weighted by Crippen LogP contribution is -2.16. The maximum atomic E-state index is 9.00. The molecule has 0 bridgehead atoms. The molecule has 0 amide bonds. The lowest BCUT2D eigenvalue weighted by molar-refractivity contribution is -0.134. The van der Waals surface area contributed by atoms with E-state index in [9.17, 15) is 0 Å². The van der Waals surface area contributed by atoms with Gasteiger partial charge in [-0.2, -0.15) is 0 Å². The van der Waals surface area contributed by atoms with Crippen LogP contribution in [0, 0.1) is 0 Å². The number of carboxylic acid groups (broad SMARTS) is 1. The number of hydrogen-bond acceptors (Lipinski definition) is 1. The van der Waals surface area contributed by atoms with Crippen LogP contribution in [0.1, 0.15) is 60.3 Å². The van der Waals surface area contributed by atoms with Crippen molar-refractivity contribution in [1.82, 2.24) is 0 Å². The van der Waals surface area contributed by atoms with Crippen LogP contribution in [0.2, 0.25) is 0 Å². The van der Waals surface area contributed by atoms with E-state index >= 15 is 0 Å². The van der Waals surface area contributed by atoms with Crippen molar-refractivity contribution in [2.45, 2.75) is 60.3 Å². The molecule has 0 unspecified atom stereocenters. The van der Waals surface area contributed by atoms with Gasteiger partial charge < -0.3 is 10.6 Å². The first-order valence-corrected chi connectivity index (χ1v) is 9.22. The van der Waals surface area contributed by atoms with Gasteiger partial charge in [0.15, 0.2) is 0 Å². The first-order chi connectivity index (χ1) is 7.97. The summed E-state index contributed by atoms with van der Waals surface area (Å²) in [5, 5.41) is 7.42. The van der Waals surface area contributed by atoms with Gasteiger partial charge in [-0.3, -0.25) is 4.79 Å². The summed E-state index contributed by atoms with van der Waals surface area (Å²) in [6.45, 7) is 10.5. The Kier molecular flexibility index (Phi) is 27.2. The third kappa shape index (κ3) is 18.5. The fourth-order valence-corrected chi connectivity index (χ4v) is 7.03. The summed E-state index contributed by atoms with van der Waals surface area (Å²) in [7, 11) is -0.197. The van der Waals surface area contributed by atoms with Gasteiger partial charge in [0.2, 0.25) is 0 Å². The molecule has 3 nitrogen and oxygen atoms in total. The van der Waals surface area contributed by atoms with Gasteiger partial charge in [0.05, 0.1) is 0 Å². The molecule has 0 rings (SSSR count). The molecule has 3 N–H and O–H groups in total. The van der Waals surface area contributed by atoms with Crippen molar-refractivity contribution in [1.29, 1.82) is 0 Å². The molecule has 5 heteroatoms. The zero-order chi connectivity index (χ0) is 13.7. The van der Waals surface area contributed by atoms with Gasteiger partial charge >= 0.3 is 23.1 Å². The van der Waals surface area contributed by atoms with Crippen molar-refractivity contribution in [3.8, 4) is 0 Å². The molecule has 0 aliphatic heterocycles. The Bertz CT molecular complexity index is 156. The Morgan fingerprint density at radius 2 is 1.00 bits per heavy atom. The van der Waals surface area contributed by atoms with E-state index in [1.165, 1.54) is 48.7 Å². The Labute approximate surface area is 137 Å². The van der Waals surface area contributed by atoms with Gasteiger partial charge in [0, 0.05) is 6.92 Å². The predicted octanol–water partition coefficient (Wildman–Crippen LogP) is 2.78. The highest BCUT2D eigenvalue weighted by Crippen LogP contribution is 2.49. The second-order valence-electron chi connectivity index (χ2n) is 4.56. The smallest absolute Gasteiger partial charge is 0.316 e. The van der Waals surface area contributed by atoms with Crippen LogP contribution in [0.15, 0.2) is 0 Å². The molecule has 0 aromatic rings. The molecule has 0 aromatic heterocycles. The highest BCUT2D eigenvalue weighted by atomic mass is 32.3. The average Bonchev–Trinajstić information content (AvgIpc) is 2.18. The van der Waals surface area contributed by atoms with Crippen molar-refractivity contribution >= 4 is 39.1 Å². The van der Waals surface area contributed by atoms with Crippen molar-refractivity contribution in [3.63, 3.8) is 0 Å². The Balaban J connectivity index is -0.000000165. The second kappa shape index (κ2) is 18.5. The molecule has 0 fully saturated rings. The topological polar surface area (TPSA) is 68.8 Å². The van der Waals surface area contributed by atoms with Crippen molar-refractivity contribution < 1.29 is 15.4 Å². The summed E-state index contributed by atoms with van der Waals surface area (Å²) >= 11 is 0. The fraction of sp³-hybridized carbons (Fsp3) is 0.929. The van der Waals surface area contributed by atoms with Gasteiger partial charge in [0.25, 0.3) is 5.97 Å². The highest BCUT2D eigenvalue weighted by Gasteiger charge is 2.19. The van der Waals surface area contributed by atoms with E-state index in [2.05, 4.69) is 27.7 Å². The van der Waals surface area contributed by atoms with Crippen LogP contribution in [0.25, 0.3) is 0 Å². The first kappa shape index (κ1) is 27.8. The number of rotatable bonds is 8. The van der Waals surface area contributed by atoms with Crippen molar-refractivity contribution in [2.24, 2.45) is 0 Å². The van der Waals surface area contributed by atoms with E-state index in [1.54, 1.807) is 0 Å². The van der Waals surface area contributed by atoms with E-state index < -0.39 is 5.97 Å². The summed E-state index contributed by atoms with van der Waals surface area (Å²) < 4.78 is 0. The Morgan fingerprint density at radius 1 is 0.842 bits per heavy atom. The third-order valence-electron chi connectivity index (χ3n) is 2.55. The monoisotopic (exact) mass is 308 g/mol. The lowest BCUT2D eigenvalue weighted by Gasteiger charge is -2.40. The molecule has 0 atom stereocenters. The van der Waals surface area contributed by atoms with Gasteiger partial charge in [0.1, 0.15) is 0 Å². The van der Waals surface area contributed by atoms with Gasteiger partial charge in [-0.1, -0.05) is 27.7 Å². The van der Waals surface area contributed by atoms with Crippen LogP contribution < -0.4 is 0 Å². The van der Waals surface area contributed by atoms with E-state index in [0.29, 0.717) is 0 Å². The van der Waals surface area contributed by atoms with E-state index in [0.717, 1.165) is 6.92 Å². The van der Waals surface area contributed by atoms with Crippen LogP contribution in [0.4, 0.5) is 0 Å². The largest absolute Gasteiger partial charge is 0.481 e. The normalized spacial score (nSPS) is 10.4. The fourth-order valence-electron chi connectivity index (χ4n) is 2.34. The minimum atomic E-state index is -0.833. The minimum absolute atomic E-state index is 0. The molecule has 0 saturated carbocycles. The first-order valence-electron chi connectivity index (χ1n) is 6.91. The summed E-state index contributed by atoms with van der Waals surface area (Å²) in [5.74, 6) is 5.29. The molecular formula is C14H36MgO3S. The third-order valence-corrected chi connectivity index (χ3v) is 7.65. The zero-order valence-electron chi connectivity index (χ0n) is 12.9. The van der Waals surface area contributed by atoms with Crippen LogP contribution in [-0.2, 0) is 4.79 Å². The van der Waals surface area contributed by atoms with Crippen LogP contribution in [0.3, 0.4) is 0 Å². The Hall–Kier alpha value is 0.546. The SMILES string of the molecule is CC(=O)O.CCCS(CCC)(CCC)CCC.O.[MgH2]. The highest BCUT2D eigenvalue weighted by molar-refractivity contribution is 8.33. The van der Waals surface area contributed by atoms with Crippen LogP contribution >= 0.6 is 10.0 Å². The number of hydrogen-bond donors (Lipinski definition) is 1. The molecule has 0 aliphatic rings. The molecule has 0 aromatic carbocycles. The molecule has 0 radical (unpaired) electrons. The summed E-state index contributed by atoms with van der Waals surface area (Å²) in [5.41, 5.74) is 0. The maximum Gasteiger partial charge on any atom is 0.316 e. The van der Waals surface area contributed by atoms with E-state index in [1.807, 2.05) is 0 Å². The average molecular weight is 309 g/mol. The standard InChI is InChI=1S/C12H28S.C2H4O2.Mg.H2O.2H/c1-5-9-13(10-6-2,11-7-3)12-8-4;1-2(3)4;;;;/h5-12H2,1-4H3;1H3,(H,3,4);;1H2;;. The Morgan fingerprint density at radius 3 is 1.11 bits per heavy atom. The van der Waals surface area contributed by atoms with E-state index in [4.69, 9.17) is 9.90 Å². The van der Waals surface area contributed by atoms with Crippen molar-refractivity contribution in [3.05, 3.63) is 0 Å². The predicted molar refractivity (Wildman–Crippen MR) is 93.7 cm³/mol. The van der Waals surface area contributed by atoms with Gasteiger partial charge in [-0.25, -0.2) is 10.0 Å². The van der Waals surface area contributed by atoms with Gasteiger partial charge in [-0.15, -0.1) is 0 Å².